The molecule has 3 rings (SSSR count). The van der Waals surface area contributed by atoms with Crippen molar-refractivity contribution in [3.05, 3.63) is 35.5 Å². The standard InChI is InChI=1S/C15H16BrClN2/c1-10-5-7-19(9-13(10)16)15-4-6-18-14-8-11(17)2-3-12(14)15/h2-4,6,8,10,13H,5,7,9H2,1H3. The van der Waals surface area contributed by atoms with Crippen molar-refractivity contribution in [1.82, 2.24) is 4.98 Å². The van der Waals surface area contributed by atoms with E-state index in [0.717, 1.165) is 29.5 Å². The van der Waals surface area contributed by atoms with Gasteiger partial charge in [-0.05, 0) is 36.6 Å². The van der Waals surface area contributed by atoms with Gasteiger partial charge in [0.25, 0.3) is 0 Å². The number of anilines is 1. The van der Waals surface area contributed by atoms with Crippen LogP contribution in [0.3, 0.4) is 0 Å². The first-order chi connectivity index (χ1) is 9.15. The van der Waals surface area contributed by atoms with E-state index in [0.29, 0.717) is 4.83 Å². The molecule has 2 atom stereocenters. The van der Waals surface area contributed by atoms with Crippen LogP contribution in [0.1, 0.15) is 13.3 Å². The Morgan fingerprint density at radius 3 is 3.00 bits per heavy atom. The Balaban J connectivity index is 2.01. The Labute approximate surface area is 126 Å². The van der Waals surface area contributed by atoms with Crippen LogP contribution >= 0.6 is 27.5 Å². The zero-order valence-corrected chi connectivity index (χ0v) is 13.2. The largest absolute Gasteiger partial charge is 0.370 e. The number of aromatic nitrogens is 1. The van der Waals surface area contributed by atoms with Gasteiger partial charge in [-0.1, -0.05) is 34.5 Å². The van der Waals surface area contributed by atoms with Gasteiger partial charge in [0.05, 0.1) is 5.52 Å². The lowest BCUT2D eigenvalue weighted by molar-refractivity contribution is 0.457. The molecule has 2 unspecified atom stereocenters. The minimum atomic E-state index is 0.553. The van der Waals surface area contributed by atoms with Gasteiger partial charge in [-0.2, -0.15) is 0 Å². The summed E-state index contributed by atoms with van der Waals surface area (Å²) in [7, 11) is 0. The summed E-state index contributed by atoms with van der Waals surface area (Å²) in [6, 6.07) is 8.04. The fourth-order valence-corrected chi connectivity index (χ4v) is 3.40. The lowest BCUT2D eigenvalue weighted by Gasteiger charge is -2.36. The van der Waals surface area contributed by atoms with E-state index in [1.165, 1.54) is 17.5 Å². The van der Waals surface area contributed by atoms with E-state index in [9.17, 15) is 0 Å². The highest BCUT2D eigenvalue weighted by molar-refractivity contribution is 9.09. The zero-order chi connectivity index (χ0) is 13.4. The minimum Gasteiger partial charge on any atom is -0.370 e. The number of benzene rings is 1. The van der Waals surface area contributed by atoms with Gasteiger partial charge in [0.15, 0.2) is 0 Å². The molecule has 4 heteroatoms. The van der Waals surface area contributed by atoms with Gasteiger partial charge in [-0.3, -0.25) is 4.98 Å². The van der Waals surface area contributed by atoms with Crippen molar-refractivity contribution in [3.8, 4) is 0 Å². The van der Waals surface area contributed by atoms with Gasteiger partial charge < -0.3 is 4.90 Å². The van der Waals surface area contributed by atoms with E-state index in [1.807, 2.05) is 18.3 Å². The van der Waals surface area contributed by atoms with Crippen molar-refractivity contribution in [1.29, 1.82) is 0 Å². The Bertz CT molecular complexity index is 602. The molecule has 2 nitrogen and oxygen atoms in total. The summed E-state index contributed by atoms with van der Waals surface area (Å²) in [6.45, 7) is 4.45. The monoisotopic (exact) mass is 338 g/mol. The number of hydrogen-bond donors (Lipinski definition) is 0. The van der Waals surface area contributed by atoms with Crippen LogP contribution in [-0.2, 0) is 0 Å². The smallest absolute Gasteiger partial charge is 0.0737 e. The average molecular weight is 340 g/mol. The number of hydrogen-bond acceptors (Lipinski definition) is 2. The molecular formula is C15H16BrClN2. The third-order valence-electron chi connectivity index (χ3n) is 3.89. The predicted octanol–water partition coefficient (Wildman–Crippen LogP) is 4.50. The summed E-state index contributed by atoms with van der Waals surface area (Å²) >= 11 is 9.83. The maximum atomic E-state index is 6.04. The Hall–Kier alpha value is -0.800. The molecule has 1 aliphatic heterocycles. The average Bonchev–Trinajstić information content (AvgIpc) is 2.41. The Morgan fingerprint density at radius 1 is 1.37 bits per heavy atom. The first kappa shape index (κ1) is 13.2. The van der Waals surface area contributed by atoms with Crippen molar-refractivity contribution in [2.24, 2.45) is 5.92 Å². The van der Waals surface area contributed by atoms with Gasteiger partial charge in [0, 0.05) is 40.2 Å². The second-order valence-electron chi connectivity index (χ2n) is 5.22. The number of pyridine rings is 1. The summed E-state index contributed by atoms with van der Waals surface area (Å²) < 4.78 is 0. The third kappa shape index (κ3) is 2.59. The van der Waals surface area contributed by atoms with Gasteiger partial charge in [0.2, 0.25) is 0 Å². The second-order valence-corrected chi connectivity index (χ2v) is 6.83. The third-order valence-corrected chi connectivity index (χ3v) is 5.32. The van der Waals surface area contributed by atoms with Crippen LogP contribution in [-0.4, -0.2) is 22.9 Å². The summed E-state index contributed by atoms with van der Waals surface area (Å²) in [6.07, 6.45) is 3.09. The Kier molecular flexibility index (Phi) is 3.68. The van der Waals surface area contributed by atoms with Crippen LogP contribution in [0.4, 0.5) is 5.69 Å². The number of rotatable bonds is 1. The highest BCUT2D eigenvalue weighted by atomic mass is 79.9. The fraction of sp³-hybridized carbons (Fsp3) is 0.400. The van der Waals surface area contributed by atoms with Crippen LogP contribution in [0.2, 0.25) is 5.02 Å². The van der Waals surface area contributed by atoms with Gasteiger partial charge >= 0.3 is 0 Å². The molecule has 0 spiro atoms. The van der Waals surface area contributed by atoms with Gasteiger partial charge in [-0.25, -0.2) is 0 Å². The van der Waals surface area contributed by atoms with Crippen molar-refractivity contribution in [3.63, 3.8) is 0 Å². The minimum absolute atomic E-state index is 0.553. The van der Waals surface area contributed by atoms with Crippen molar-refractivity contribution in [2.45, 2.75) is 18.2 Å². The molecule has 2 aromatic rings. The van der Waals surface area contributed by atoms with Crippen molar-refractivity contribution in [2.75, 3.05) is 18.0 Å². The molecule has 1 aliphatic rings. The highest BCUT2D eigenvalue weighted by Gasteiger charge is 2.25. The summed E-state index contributed by atoms with van der Waals surface area (Å²) in [5, 5.41) is 1.92. The maximum absolute atomic E-state index is 6.04. The molecule has 19 heavy (non-hydrogen) atoms. The van der Waals surface area contributed by atoms with Gasteiger partial charge in [0.1, 0.15) is 0 Å². The maximum Gasteiger partial charge on any atom is 0.0737 e. The summed E-state index contributed by atoms with van der Waals surface area (Å²) in [5.74, 6) is 0.735. The fourth-order valence-electron chi connectivity index (χ4n) is 2.62. The number of fused-ring (bicyclic) bond motifs is 1. The molecule has 1 fully saturated rings. The number of halogens is 2. The molecule has 1 aromatic carbocycles. The predicted molar refractivity (Wildman–Crippen MR) is 85.5 cm³/mol. The number of alkyl halides is 1. The van der Waals surface area contributed by atoms with E-state index < -0.39 is 0 Å². The molecule has 0 saturated carbocycles. The molecule has 0 radical (unpaired) electrons. The van der Waals surface area contributed by atoms with E-state index in [2.05, 4.69) is 44.9 Å². The van der Waals surface area contributed by atoms with Crippen LogP contribution in [0.15, 0.2) is 30.5 Å². The quantitative estimate of drug-likeness (QED) is 0.711. The first-order valence-electron chi connectivity index (χ1n) is 6.58. The SMILES string of the molecule is CC1CCN(c2ccnc3cc(Cl)ccc23)CC1Br. The molecule has 2 heterocycles. The van der Waals surface area contributed by atoms with E-state index in [4.69, 9.17) is 11.6 Å². The molecule has 0 aliphatic carbocycles. The number of piperidine rings is 1. The molecule has 1 saturated heterocycles. The van der Waals surface area contributed by atoms with E-state index >= 15 is 0 Å². The van der Waals surface area contributed by atoms with Gasteiger partial charge in [-0.15, -0.1) is 0 Å². The lowest BCUT2D eigenvalue weighted by atomic mass is 9.98. The highest BCUT2D eigenvalue weighted by Crippen LogP contribution is 2.32. The topological polar surface area (TPSA) is 16.1 Å². The molecule has 0 amide bonds. The van der Waals surface area contributed by atoms with Crippen LogP contribution in [0.5, 0.6) is 0 Å². The normalized spacial score (nSPS) is 23.8. The van der Waals surface area contributed by atoms with E-state index in [1.54, 1.807) is 0 Å². The molecular weight excluding hydrogens is 324 g/mol. The van der Waals surface area contributed by atoms with Crippen molar-refractivity contribution < 1.29 is 0 Å². The number of nitrogens with zero attached hydrogens (tertiary/aromatic N) is 2. The Morgan fingerprint density at radius 2 is 2.21 bits per heavy atom. The molecule has 0 bridgehead atoms. The van der Waals surface area contributed by atoms with Crippen molar-refractivity contribution >= 4 is 44.1 Å². The second kappa shape index (κ2) is 5.29. The van der Waals surface area contributed by atoms with Crippen LogP contribution in [0, 0.1) is 5.92 Å². The molecule has 1 aromatic heterocycles. The van der Waals surface area contributed by atoms with Crippen LogP contribution < -0.4 is 4.90 Å². The summed E-state index contributed by atoms with van der Waals surface area (Å²) in [5.41, 5.74) is 2.23. The molecule has 100 valence electrons. The van der Waals surface area contributed by atoms with E-state index in [-0.39, 0.29) is 0 Å². The zero-order valence-electron chi connectivity index (χ0n) is 10.8. The first-order valence-corrected chi connectivity index (χ1v) is 7.88. The summed E-state index contributed by atoms with van der Waals surface area (Å²) in [4.78, 5) is 7.40. The van der Waals surface area contributed by atoms with Crippen LogP contribution in [0.25, 0.3) is 10.9 Å². The molecule has 0 N–H and O–H groups in total. The lowest BCUT2D eigenvalue weighted by Crippen LogP contribution is -2.40.